The van der Waals surface area contributed by atoms with Gasteiger partial charge in [-0.1, -0.05) is 0 Å². The number of aromatic nitrogens is 1. The molecule has 3 heterocycles. The lowest BCUT2D eigenvalue weighted by Gasteiger charge is -2.29. The van der Waals surface area contributed by atoms with Crippen LogP contribution in [0, 0.1) is 6.92 Å². The number of pyridine rings is 1. The number of amides is 1. The summed E-state index contributed by atoms with van der Waals surface area (Å²) < 4.78 is 39.5. The summed E-state index contributed by atoms with van der Waals surface area (Å²) in [6.45, 7) is 3.22. The minimum atomic E-state index is -2.69. The van der Waals surface area contributed by atoms with Gasteiger partial charge in [0.25, 0.3) is 5.91 Å². The second-order valence-electron chi connectivity index (χ2n) is 7.66. The first-order valence-corrected chi connectivity index (χ1v) is 11.5. The highest BCUT2D eigenvalue weighted by Gasteiger charge is 2.34. The summed E-state index contributed by atoms with van der Waals surface area (Å²) in [7, 11) is 0. The van der Waals surface area contributed by atoms with Crippen molar-refractivity contribution in [2.75, 3.05) is 42.8 Å². The number of halogens is 2. The standard InChI is InChI=1S/C22H25F2N3O3S/c1-14-19(21(28)26-15-4-7-25-18(12-15)31-2)16(13-17-20(14)30-11-10-29-17)27-8-3-5-22(23,24)6-9-27/h4,7,12-13H,3,5-6,8-11H2,1-2H3,(H,25,26,28). The molecule has 1 N–H and O–H groups in total. The molecule has 1 amide bonds. The molecular weight excluding hydrogens is 424 g/mol. The molecule has 2 aromatic rings. The van der Waals surface area contributed by atoms with Gasteiger partial charge in [-0.3, -0.25) is 4.79 Å². The summed E-state index contributed by atoms with van der Waals surface area (Å²) in [6, 6.07) is 5.26. The maximum absolute atomic E-state index is 14.0. The Morgan fingerprint density at radius 2 is 2.03 bits per heavy atom. The summed E-state index contributed by atoms with van der Waals surface area (Å²) in [5.74, 6) is -1.94. The number of fused-ring (bicyclic) bond motifs is 1. The van der Waals surface area contributed by atoms with Gasteiger partial charge in [0.05, 0.1) is 16.3 Å². The van der Waals surface area contributed by atoms with E-state index in [9.17, 15) is 13.6 Å². The summed E-state index contributed by atoms with van der Waals surface area (Å²) >= 11 is 1.48. The van der Waals surface area contributed by atoms with Crippen LogP contribution in [-0.4, -0.2) is 49.4 Å². The zero-order valence-electron chi connectivity index (χ0n) is 17.5. The van der Waals surface area contributed by atoms with Gasteiger partial charge in [-0.05, 0) is 31.7 Å². The van der Waals surface area contributed by atoms with Gasteiger partial charge in [0, 0.05) is 49.4 Å². The molecule has 0 saturated carbocycles. The molecule has 1 saturated heterocycles. The van der Waals surface area contributed by atoms with Crippen LogP contribution in [0.15, 0.2) is 29.4 Å². The number of ether oxygens (including phenoxy) is 2. The minimum absolute atomic E-state index is 0.150. The highest BCUT2D eigenvalue weighted by Crippen LogP contribution is 2.42. The van der Waals surface area contributed by atoms with Crippen molar-refractivity contribution in [2.45, 2.75) is 37.1 Å². The van der Waals surface area contributed by atoms with Crippen molar-refractivity contribution in [3.63, 3.8) is 0 Å². The number of hydrogen-bond donors (Lipinski definition) is 1. The topological polar surface area (TPSA) is 63.7 Å². The second-order valence-corrected chi connectivity index (χ2v) is 8.48. The largest absolute Gasteiger partial charge is 0.486 e. The molecule has 0 radical (unpaired) electrons. The van der Waals surface area contributed by atoms with E-state index in [1.807, 2.05) is 11.2 Å². The van der Waals surface area contributed by atoms with Crippen LogP contribution in [-0.2, 0) is 0 Å². The van der Waals surface area contributed by atoms with Crippen LogP contribution in [0.4, 0.5) is 20.2 Å². The smallest absolute Gasteiger partial charge is 0.258 e. The van der Waals surface area contributed by atoms with E-state index in [2.05, 4.69) is 10.3 Å². The zero-order chi connectivity index (χ0) is 22.0. The first-order valence-electron chi connectivity index (χ1n) is 10.3. The Morgan fingerprint density at radius 3 is 2.84 bits per heavy atom. The number of carbonyl (C=O) groups excluding carboxylic acids is 1. The molecule has 6 nitrogen and oxygen atoms in total. The highest BCUT2D eigenvalue weighted by atomic mass is 32.2. The molecule has 1 aromatic carbocycles. The Kier molecular flexibility index (Phi) is 6.22. The average Bonchev–Trinajstić information content (AvgIpc) is 2.94. The molecule has 0 spiro atoms. The van der Waals surface area contributed by atoms with Gasteiger partial charge in [-0.25, -0.2) is 13.8 Å². The van der Waals surface area contributed by atoms with Gasteiger partial charge in [-0.2, -0.15) is 0 Å². The third-order valence-electron chi connectivity index (χ3n) is 5.54. The van der Waals surface area contributed by atoms with Gasteiger partial charge < -0.3 is 19.7 Å². The second kappa shape index (κ2) is 8.90. The number of hydrogen-bond acceptors (Lipinski definition) is 6. The number of anilines is 2. The molecule has 4 rings (SSSR count). The first kappa shape index (κ1) is 21.7. The fraction of sp³-hybridized carbons (Fsp3) is 0.455. The van der Waals surface area contributed by atoms with E-state index in [1.54, 1.807) is 31.3 Å². The van der Waals surface area contributed by atoms with Crippen LogP contribution >= 0.6 is 11.8 Å². The fourth-order valence-corrected chi connectivity index (χ4v) is 4.38. The van der Waals surface area contributed by atoms with Gasteiger partial charge in [-0.15, -0.1) is 11.8 Å². The Morgan fingerprint density at radius 1 is 1.23 bits per heavy atom. The summed E-state index contributed by atoms with van der Waals surface area (Å²) in [4.78, 5) is 19.5. The Hall–Kier alpha value is -2.55. The average molecular weight is 450 g/mol. The first-order chi connectivity index (χ1) is 14.9. The summed E-state index contributed by atoms with van der Waals surface area (Å²) in [6.07, 6.45) is 3.50. The van der Waals surface area contributed by atoms with E-state index in [0.717, 1.165) is 5.03 Å². The zero-order valence-corrected chi connectivity index (χ0v) is 18.4. The number of rotatable bonds is 4. The Labute approximate surface area is 184 Å². The molecule has 1 fully saturated rings. The molecule has 0 bridgehead atoms. The van der Waals surface area contributed by atoms with Crippen LogP contribution in [0.1, 0.15) is 35.2 Å². The lowest BCUT2D eigenvalue weighted by Crippen LogP contribution is -2.29. The van der Waals surface area contributed by atoms with Crippen LogP contribution in [0.3, 0.4) is 0 Å². The molecule has 2 aliphatic heterocycles. The monoisotopic (exact) mass is 449 g/mol. The van der Waals surface area contributed by atoms with Crippen molar-refractivity contribution in [1.82, 2.24) is 4.98 Å². The van der Waals surface area contributed by atoms with Gasteiger partial charge in [0.2, 0.25) is 5.92 Å². The molecule has 2 aliphatic rings. The Balaban J connectivity index is 1.73. The van der Waals surface area contributed by atoms with Crippen LogP contribution in [0.25, 0.3) is 0 Å². The minimum Gasteiger partial charge on any atom is -0.486 e. The van der Waals surface area contributed by atoms with Gasteiger partial charge >= 0.3 is 0 Å². The predicted octanol–water partition coefficient (Wildman–Crippen LogP) is 4.76. The van der Waals surface area contributed by atoms with Crippen molar-refractivity contribution in [3.8, 4) is 11.5 Å². The number of alkyl halides is 2. The van der Waals surface area contributed by atoms with Crippen LogP contribution in [0.2, 0.25) is 0 Å². The van der Waals surface area contributed by atoms with Crippen LogP contribution in [0.5, 0.6) is 11.5 Å². The van der Waals surface area contributed by atoms with Gasteiger partial charge in [0.15, 0.2) is 11.5 Å². The maximum Gasteiger partial charge on any atom is 0.258 e. The number of nitrogens with zero attached hydrogens (tertiary/aromatic N) is 2. The van der Waals surface area contributed by atoms with E-state index in [4.69, 9.17) is 9.47 Å². The van der Waals surface area contributed by atoms with Crippen LogP contribution < -0.4 is 19.7 Å². The van der Waals surface area contributed by atoms with E-state index < -0.39 is 5.92 Å². The van der Waals surface area contributed by atoms with E-state index >= 15 is 0 Å². The fourth-order valence-electron chi connectivity index (χ4n) is 3.97. The third-order valence-corrected chi connectivity index (χ3v) is 6.18. The lowest BCUT2D eigenvalue weighted by molar-refractivity contribution is -0.0102. The quantitative estimate of drug-likeness (QED) is 0.679. The molecule has 0 unspecified atom stereocenters. The molecule has 0 aliphatic carbocycles. The molecule has 31 heavy (non-hydrogen) atoms. The number of carbonyl (C=O) groups is 1. The Bertz CT molecular complexity index is 987. The molecule has 166 valence electrons. The molecule has 1 aromatic heterocycles. The maximum atomic E-state index is 14.0. The van der Waals surface area contributed by atoms with Gasteiger partial charge in [0.1, 0.15) is 13.2 Å². The summed E-state index contributed by atoms with van der Waals surface area (Å²) in [5.41, 5.74) is 2.26. The van der Waals surface area contributed by atoms with Crippen molar-refractivity contribution in [2.24, 2.45) is 0 Å². The van der Waals surface area contributed by atoms with Crippen molar-refractivity contribution < 1.29 is 23.0 Å². The molecular formula is C22H25F2N3O3S. The SMILES string of the molecule is CSc1cc(NC(=O)c2c(N3CCCC(F)(F)CC3)cc3c(c2C)OCCO3)ccn1. The van der Waals surface area contributed by atoms with E-state index in [0.29, 0.717) is 60.2 Å². The normalized spacial score (nSPS) is 17.7. The van der Waals surface area contributed by atoms with E-state index in [1.165, 1.54) is 11.8 Å². The third kappa shape index (κ3) is 4.71. The van der Waals surface area contributed by atoms with Crippen molar-refractivity contribution >= 4 is 29.0 Å². The van der Waals surface area contributed by atoms with Crippen molar-refractivity contribution in [3.05, 3.63) is 35.5 Å². The number of thioether (sulfide) groups is 1. The van der Waals surface area contributed by atoms with Crippen molar-refractivity contribution in [1.29, 1.82) is 0 Å². The summed E-state index contributed by atoms with van der Waals surface area (Å²) in [5, 5.41) is 3.71. The highest BCUT2D eigenvalue weighted by molar-refractivity contribution is 7.98. The molecule has 9 heteroatoms. The molecule has 0 atom stereocenters. The lowest BCUT2D eigenvalue weighted by atomic mass is 10.0. The number of nitrogens with one attached hydrogen (secondary N) is 1. The number of benzene rings is 1. The predicted molar refractivity (Wildman–Crippen MR) is 117 cm³/mol. The van der Waals surface area contributed by atoms with E-state index in [-0.39, 0.29) is 25.3 Å².